The number of hydrogen-bond acceptors (Lipinski definition) is 1. The number of carboxylic acids is 1. The highest BCUT2D eigenvalue weighted by Gasteiger charge is 2.21. The number of aliphatic carboxylic acids is 1. The van der Waals surface area contributed by atoms with Gasteiger partial charge in [0.25, 0.3) is 0 Å². The lowest BCUT2D eigenvalue weighted by molar-refractivity contribution is -0.137. The molecule has 1 rings (SSSR count). The minimum absolute atomic E-state index is 0.0663. The number of carbonyl (C=O) groups is 1. The van der Waals surface area contributed by atoms with Gasteiger partial charge in [0.05, 0.1) is 0 Å². The lowest BCUT2D eigenvalue weighted by atomic mass is 9.80. The lowest BCUT2D eigenvalue weighted by Gasteiger charge is -2.24. The van der Waals surface area contributed by atoms with Gasteiger partial charge in [-0.2, -0.15) is 0 Å². The molecule has 0 aliphatic rings. The maximum Gasteiger partial charge on any atom is 0.303 e. The number of aryl methyl sites for hydroxylation is 1. The van der Waals surface area contributed by atoms with Crippen LogP contribution in [0.25, 0.3) is 0 Å². The van der Waals surface area contributed by atoms with Crippen LogP contribution >= 0.6 is 0 Å². The van der Waals surface area contributed by atoms with E-state index in [2.05, 4.69) is 45.0 Å². The molecular formula is C15H22O2. The van der Waals surface area contributed by atoms with Crippen LogP contribution < -0.4 is 0 Å². The summed E-state index contributed by atoms with van der Waals surface area (Å²) < 4.78 is 0. The second-order valence-electron chi connectivity index (χ2n) is 5.22. The van der Waals surface area contributed by atoms with Crippen molar-refractivity contribution in [1.82, 2.24) is 0 Å². The summed E-state index contributed by atoms with van der Waals surface area (Å²) in [5.74, 6) is -0.722. The fourth-order valence-corrected chi connectivity index (χ4v) is 1.98. The number of carboxylic acid groups (broad SMARTS) is 1. The topological polar surface area (TPSA) is 37.3 Å². The Balaban J connectivity index is 2.73. The molecule has 0 aliphatic carbocycles. The zero-order chi connectivity index (χ0) is 12.9. The largest absolute Gasteiger partial charge is 0.481 e. The first-order valence-corrected chi connectivity index (χ1v) is 6.27. The van der Waals surface area contributed by atoms with Crippen LogP contribution in [0.15, 0.2) is 24.3 Å². The second kappa shape index (κ2) is 5.85. The molecule has 0 fully saturated rings. The van der Waals surface area contributed by atoms with Gasteiger partial charge >= 0.3 is 5.97 Å². The van der Waals surface area contributed by atoms with Gasteiger partial charge in [-0.25, -0.2) is 0 Å². The van der Waals surface area contributed by atoms with Crippen LogP contribution in [0, 0.1) is 0 Å². The molecule has 0 heterocycles. The molecule has 0 spiro atoms. The Labute approximate surface area is 104 Å². The Kier molecular flexibility index (Phi) is 4.73. The van der Waals surface area contributed by atoms with E-state index in [1.54, 1.807) is 0 Å². The Morgan fingerprint density at radius 2 is 1.82 bits per heavy atom. The van der Waals surface area contributed by atoms with Crippen molar-refractivity contribution in [3.63, 3.8) is 0 Å². The summed E-state index contributed by atoms with van der Waals surface area (Å²) in [4.78, 5) is 10.6. The normalized spacial score (nSPS) is 11.5. The molecule has 2 heteroatoms. The molecule has 0 saturated carbocycles. The molecular weight excluding hydrogens is 212 g/mol. The Hall–Kier alpha value is -1.31. The highest BCUT2D eigenvalue weighted by atomic mass is 16.4. The quantitative estimate of drug-likeness (QED) is 0.813. The van der Waals surface area contributed by atoms with Crippen LogP contribution in [0.2, 0.25) is 0 Å². The molecule has 0 saturated heterocycles. The maximum atomic E-state index is 10.6. The zero-order valence-electron chi connectivity index (χ0n) is 11.0. The van der Waals surface area contributed by atoms with Gasteiger partial charge in [-0.3, -0.25) is 4.79 Å². The summed E-state index contributed by atoms with van der Waals surface area (Å²) in [5.41, 5.74) is 2.51. The van der Waals surface area contributed by atoms with Crippen LogP contribution in [0.3, 0.4) is 0 Å². The van der Waals surface area contributed by atoms with Crippen LogP contribution in [0.5, 0.6) is 0 Å². The lowest BCUT2D eigenvalue weighted by Crippen LogP contribution is -2.18. The molecule has 0 radical (unpaired) electrons. The van der Waals surface area contributed by atoms with E-state index in [1.807, 2.05) is 0 Å². The summed E-state index contributed by atoms with van der Waals surface area (Å²) in [7, 11) is 0. The molecule has 0 aromatic heterocycles. The first-order chi connectivity index (χ1) is 7.95. The summed E-state index contributed by atoms with van der Waals surface area (Å²) >= 11 is 0. The van der Waals surface area contributed by atoms with Crippen LogP contribution in [-0.4, -0.2) is 11.1 Å². The summed E-state index contributed by atoms with van der Waals surface area (Å²) in [6.45, 7) is 6.38. The van der Waals surface area contributed by atoms with Crippen molar-refractivity contribution >= 4 is 5.97 Å². The van der Waals surface area contributed by atoms with E-state index in [-0.39, 0.29) is 11.8 Å². The van der Waals surface area contributed by atoms with Crippen molar-refractivity contribution < 1.29 is 9.90 Å². The van der Waals surface area contributed by atoms with Crippen LogP contribution in [0.4, 0.5) is 0 Å². The molecule has 0 atom stereocenters. The zero-order valence-corrected chi connectivity index (χ0v) is 11.0. The average molecular weight is 234 g/mol. The third-order valence-electron chi connectivity index (χ3n) is 3.24. The van der Waals surface area contributed by atoms with E-state index in [4.69, 9.17) is 5.11 Å². The summed E-state index contributed by atoms with van der Waals surface area (Å²) in [6.07, 6.45) is 3.16. The van der Waals surface area contributed by atoms with Crippen LogP contribution in [0.1, 0.15) is 51.2 Å². The van der Waals surface area contributed by atoms with E-state index >= 15 is 0 Å². The molecule has 94 valence electrons. The predicted octanol–water partition coefficient (Wildman–Crippen LogP) is 3.78. The van der Waals surface area contributed by atoms with E-state index in [9.17, 15) is 4.79 Å². The Bertz CT molecular complexity index is 363. The summed E-state index contributed by atoms with van der Waals surface area (Å²) in [6, 6.07) is 8.57. The number of hydrogen-bond donors (Lipinski definition) is 1. The molecule has 1 aromatic rings. The fourth-order valence-electron chi connectivity index (χ4n) is 1.98. The first-order valence-electron chi connectivity index (χ1n) is 6.27. The predicted molar refractivity (Wildman–Crippen MR) is 70.3 cm³/mol. The number of rotatable bonds is 6. The van der Waals surface area contributed by atoms with Crippen molar-refractivity contribution in [1.29, 1.82) is 0 Å². The molecule has 1 N–H and O–H groups in total. The minimum atomic E-state index is -0.722. The van der Waals surface area contributed by atoms with E-state index < -0.39 is 5.97 Å². The van der Waals surface area contributed by atoms with Gasteiger partial charge in [0.15, 0.2) is 0 Å². The van der Waals surface area contributed by atoms with E-state index in [1.165, 1.54) is 11.1 Å². The van der Waals surface area contributed by atoms with E-state index in [0.717, 1.165) is 12.8 Å². The highest BCUT2D eigenvalue weighted by Crippen LogP contribution is 2.28. The van der Waals surface area contributed by atoms with E-state index in [0.29, 0.717) is 6.42 Å². The maximum absolute atomic E-state index is 10.6. The highest BCUT2D eigenvalue weighted by molar-refractivity contribution is 5.66. The van der Waals surface area contributed by atoms with Gasteiger partial charge in [0.2, 0.25) is 0 Å². The van der Waals surface area contributed by atoms with Gasteiger partial charge in [0.1, 0.15) is 0 Å². The Morgan fingerprint density at radius 3 is 2.29 bits per heavy atom. The fraction of sp³-hybridized carbons (Fsp3) is 0.533. The molecule has 0 bridgehead atoms. The van der Waals surface area contributed by atoms with Crippen molar-refractivity contribution in [2.45, 2.75) is 51.9 Å². The van der Waals surface area contributed by atoms with Gasteiger partial charge in [-0.1, -0.05) is 51.5 Å². The average Bonchev–Trinajstić information content (AvgIpc) is 2.28. The molecule has 2 nitrogen and oxygen atoms in total. The summed E-state index contributed by atoms with van der Waals surface area (Å²) in [5, 5.41) is 8.74. The first kappa shape index (κ1) is 13.8. The van der Waals surface area contributed by atoms with Crippen molar-refractivity contribution in [3.05, 3.63) is 35.4 Å². The van der Waals surface area contributed by atoms with Crippen molar-refractivity contribution in [2.75, 3.05) is 0 Å². The third-order valence-corrected chi connectivity index (χ3v) is 3.24. The SMILES string of the molecule is CCCc1ccc(C(C)(C)CCC(=O)O)cc1. The molecule has 1 aromatic carbocycles. The van der Waals surface area contributed by atoms with Crippen LogP contribution in [-0.2, 0) is 16.6 Å². The molecule has 0 unspecified atom stereocenters. The monoisotopic (exact) mass is 234 g/mol. The van der Waals surface area contributed by atoms with Gasteiger partial charge in [-0.15, -0.1) is 0 Å². The molecule has 0 aliphatic heterocycles. The van der Waals surface area contributed by atoms with Crippen molar-refractivity contribution in [2.24, 2.45) is 0 Å². The molecule has 17 heavy (non-hydrogen) atoms. The molecule has 0 amide bonds. The van der Waals surface area contributed by atoms with Crippen molar-refractivity contribution in [3.8, 4) is 0 Å². The van der Waals surface area contributed by atoms with Gasteiger partial charge in [0, 0.05) is 6.42 Å². The smallest absolute Gasteiger partial charge is 0.303 e. The number of benzene rings is 1. The minimum Gasteiger partial charge on any atom is -0.481 e. The Morgan fingerprint density at radius 1 is 1.24 bits per heavy atom. The standard InChI is InChI=1S/C15H22O2/c1-4-5-12-6-8-13(9-7-12)15(2,3)11-10-14(16)17/h6-9H,4-5,10-11H2,1-3H3,(H,16,17). The second-order valence-corrected chi connectivity index (χ2v) is 5.22. The van der Waals surface area contributed by atoms with Gasteiger partial charge in [-0.05, 0) is 29.4 Å². The third kappa shape index (κ3) is 4.22. The van der Waals surface area contributed by atoms with Gasteiger partial charge < -0.3 is 5.11 Å².